The number of carbonyl (C=O) groups is 3. The molecule has 1 unspecified atom stereocenters. The lowest BCUT2D eigenvalue weighted by atomic mass is 9.69. The lowest BCUT2D eigenvalue weighted by molar-refractivity contribution is -0.149. The van der Waals surface area contributed by atoms with E-state index in [1.54, 1.807) is 11.8 Å². The van der Waals surface area contributed by atoms with Crippen LogP contribution in [-0.2, 0) is 25.7 Å². The largest absolute Gasteiger partial charge is 0.375 e. The molecule has 4 atom stereocenters. The van der Waals surface area contributed by atoms with Crippen LogP contribution in [0, 0.1) is 5.41 Å². The number of hydrogen-bond acceptors (Lipinski definition) is 5. The molecule has 0 bridgehead atoms. The van der Waals surface area contributed by atoms with Crippen molar-refractivity contribution in [1.29, 1.82) is 0 Å². The fourth-order valence-electron chi connectivity index (χ4n) is 6.21. The van der Waals surface area contributed by atoms with Crippen LogP contribution in [-0.4, -0.2) is 84.3 Å². The first kappa shape index (κ1) is 27.8. The zero-order valence-corrected chi connectivity index (χ0v) is 22.7. The maximum absolute atomic E-state index is 14.2. The Bertz CT molecular complexity index is 1110. The van der Waals surface area contributed by atoms with Crippen molar-refractivity contribution < 1.29 is 19.1 Å². The maximum Gasteiger partial charge on any atom is 0.242 e. The van der Waals surface area contributed by atoms with Crippen LogP contribution >= 0.6 is 0 Å². The van der Waals surface area contributed by atoms with Gasteiger partial charge in [0.15, 0.2) is 0 Å². The quantitative estimate of drug-likeness (QED) is 0.520. The van der Waals surface area contributed by atoms with Gasteiger partial charge in [-0.2, -0.15) is 0 Å². The van der Waals surface area contributed by atoms with Crippen LogP contribution in [0.2, 0.25) is 0 Å². The normalized spacial score (nSPS) is 23.2. The topological polar surface area (TPSA) is 96.2 Å². The Hall–Kier alpha value is -3.23. The minimum absolute atomic E-state index is 0.0106. The van der Waals surface area contributed by atoms with Gasteiger partial charge in [-0.3, -0.25) is 19.3 Å². The number of nitrogens with zero attached hydrogens (tertiary/aromatic N) is 3. The SMILES string of the molecule is CCN(C(C)C(N)=O)[C@H](COCc1ccccc1)C(=O)N1CCC[C@@]2(C1)C(=O)N(C)C[C@@H]2c1ccccc1. The summed E-state index contributed by atoms with van der Waals surface area (Å²) < 4.78 is 6.04. The van der Waals surface area contributed by atoms with Gasteiger partial charge in [-0.15, -0.1) is 0 Å². The van der Waals surface area contributed by atoms with Crippen molar-refractivity contribution in [2.75, 3.05) is 39.8 Å². The van der Waals surface area contributed by atoms with Crippen molar-refractivity contribution in [3.63, 3.8) is 0 Å². The third-order valence-electron chi connectivity index (χ3n) is 8.28. The van der Waals surface area contributed by atoms with Crippen LogP contribution in [0.4, 0.5) is 0 Å². The molecular formula is C30H40N4O4. The molecule has 0 radical (unpaired) electrons. The van der Waals surface area contributed by atoms with Crippen molar-refractivity contribution in [3.8, 4) is 0 Å². The molecule has 2 aromatic rings. The van der Waals surface area contributed by atoms with Gasteiger partial charge in [0.25, 0.3) is 0 Å². The Morgan fingerprint density at radius 1 is 1.13 bits per heavy atom. The van der Waals surface area contributed by atoms with E-state index >= 15 is 0 Å². The summed E-state index contributed by atoms with van der Waals surface area (Å²) in [6.07, 6.45) is 1.48. The van der Waals surface area contributed by atoms with Gasteiger partial charge in [-0.1, -0.05) is 67.6 Å². The number of ether oxygens (including phenoxy) is 1. The van der Waals surface area contributed by atoms with Gasteiger partial charge in [0.05, 0.1) is 24.7 Å². The van der Waals surface area contributed by atoms with E-state index in [0.29, 0.717) is 32.8 Å². The molecule has 4 rings (SSSR count). The van der Waals surface area contributed by atoms with Gasteiger partial charge in [0.2, 0.25) is 17.7 Å². The average Bonchev–Trinajstić information content (AvgIpc) is 3.17. The molecule has 2 heterocycles. The summed E-state index contributed by atoms with van der Waals surface area (Å²) in [5.41, 5.74) is 7.13. The van der Waals surface area contributed by atoms with Gasteiger partial charge in [-0.25, -0.2) is 0 Å². The maximum atomic E-state index is 14.2. The number of nitrogens with two attached hydrogens (primary N) is 1. The number of benzene rings is 2. The van der Waals surface area contributed by atoms with Crippen molar-refractivity contribution in [2.24, 2.45) is 11.1 Å². The highest BCUT2D eigenvalue weighted by atomic mass is 16.5. The van der Waals surface area contributed by atoms with E-state index < -0.39 is 23.4 Å². The third kappa shape index (κ3) is 5.61. The second kappa shape index (κ2) is 12.1. The molecule has 2 aliphatic rings. The van der Waals surface area contributed by atoms with E-state index in [-0.39, 0.29) is 24.3 Å². The number of hydrogen-bond donors (Lipinski definition) is 1. The number of carbonyl (C=O) groups excluding carboxylic acids is 3. The fourth-order valence-corrected chi connectivity index (χ4v) is 6.21. The number of rotatable bonds is 10. The molecule has 0 aromatic heterocycles. The Labute approximate surface area is 225 Å². The van der Waals surface area contributed by atoms with E-state index in [2.05, 4.69) is 12.1 Å². The van der Waals surface area contributed by atoms with Gasteiger partial charge >= 0.3 is 0 Å². The molecule has 3 amide bonds. The van der Waals surface area contributed by atoms with Gasteiger partial charge in [0, 0.05) is 32.6 Å². The summed E-state index contributed by atoms with van der Waals surface area (Å²) in [6.45, 7) is 6.13. The van der Waals surface area contributed by atoms with Crippen molar-refractivity contribution >= 4 is 17.7 Å². The molecule has 0 aliphatic carbocycles. The molecule has 0 saturated carbocycles. The van der Waals surface area contributed by atoms with Crippen LogP contribution in [0.15, 0.2) is 60.7 Å². The Balaban J connectivity index is 1.59. The van der Waals surface area contributed by atoms with E-state index in [4.69, 9.17) is 10.5 Å². The summed E-state index contributed by atoms with van der Waals surface area (Å²) >= 11 is 0. The Kier molecular flexibility index (Phi) is 8.84. The molecular weight excluding hydrogens is 480 g/mol. The first-order chi connectivity index (χ1) is 18.3. The highest BCUT2D eigenvalue weighted by Gasteiger charge is 2.56. The van der Waals surface area contributed by atoms with Crippen LogP contribution in [0.3, 0.4) is 0 Å². The van der Waals surface area contributed by atoms with Crippen LogP contribution < -0.4 is 5.73 Å². The summed E-state index contributed by atoms with van der Waals surface area (Å²) in [7, 11) is 1.85. The molecule has 38 heavy (non-hydrogen) atoms. The van der Waals surface area contributed by atoms with Gasteiger partial charge in [0.1, 0.15) is 6.04 Å². The molecule has 1 spiro atoms. The lowest BCUT2D eigenvalue weighted by Gasteiger charge is -2.44. The minimum Gasteiger partial charge on any atom is -0.375 e. The predicted molar refractivity (Wildman–Crippen MR) is 146 cm³/mol. The van der Waals surface area contributed by atoms with Crippen LogP contribution in [0.5, 0.6) is 0 Å². The Morgan fingerprint density at radius 3 is 2.42 bits per heavy atom. The second-order valence-electron chi connectivity index (χ2n) is 10.6. The van der Waals surface area contributed by atoms with Crippen LogP contribution in [0.1, 0.15) is 43.7 Å². The zero-order chi connectivity index (χ0) is 27.3. The highest BCUT2D eigenvalue weighted by Crippen LogP contribution is 2.49. The van der Waals surface area contributed by atoms with E-state index in [9.17, 15) is 14.4 Å². The van der Waals surface area contributed by atoms with Crippen molar-refractivity contribution in [2.45, 2.75) is 51.3 Å². The third-order valence-corrected chi connectivity index (χ3v) is 8.28. The first-order valence-electron chi connectivity index (χ1n) is 13.5. The molecule has 2 aliphatic heterocycles. The molecule has 2 aromatic carbocycles. The Morgan fingerprint density at radius 2 is 1.79 bits per heavy atom. The summed E-state index contributed by atoms with van der Waals surface area (Å²) in [4.78, 5) is 45.4. The number of piperidine rings is 1. The molecule has 8 heteroatoms. The lowest BCUT2D eigenvalue weighted by Crippen LogP contribution is -2.60. The molecule has 2 saturated heterocycles. The van der Waals surface area contributed by atoms with Crippen LogP contribution in [0.25, 0.3) is 0 Å². The van der Waals surface area contributed by atoms with E-state index in [1.807, 2.05) is 72.3 Å². The van der Waals surface area contributed by atoms with Gasteiger partial charge < -0.3 is 20.3 Å². The van der Waals surface area contributed by atoms with Gasteiger partial charge in [-0.05, 0) is 37.4 Å². The molecule has 2 fully saturated rings. The molecule has 2 N–H and O–H groups in total. The first-order valence-corrected chi connectivity index (χ1v) is 13.5. The zero-order valence-electron chi connectivity index (χ0n) is 22.7. The molecule has 8 nitrogen and oxygen atoms in total. The monoisotopic (exact) mass is 520 g/mol. The average molecular weight is 521 g/mol. The summed E-state index contributed by atoms with van der Waals surface area (Å²) in [6, 6.07) is 18.6. The fraction of sp³-hybridized carbons (Fsp3) is 0.500. The van der Waals surface area contributed by atoms with E-state index in [0.717, 1.165) is 24.0 Å². The summed E-state index contributed by atoms with van der Waals surface area (Å²) in [5, 5.41) is 0. The standard InChI is InChI=1S/C30H40N4O4/c1-4-34(22(2)27(31)35)26(20-38-19-23-12-7-5-8-13-23)28(36)33-17-11-16-30(21-33)25(18-32(3)29(30)37)24-14-9-6-10-15-24/h5-10,12-15,22,25-26H,4,11,16-21H2,1-3H3,(H2,31,35)/t22?,25-,26-,30+/m1/s1. The smallest absolute Gasteiger partial charge is 0.242 e. The minimum atomic E-state index is -0.689. The number of primary amides is 1. The van der Waals surface area contributed by atoms with Crippen molar-refractivity contribution in [3.05, 3.63) is 71.8 Å². The second-order valence-corrected chi connectivity index (χ2v) is 10.6. The number of likely N-dealkylation sites (N-methyl/N-ethyl adjacent to an activating group) is 2. The summed E-state index contributed by atoms with van der Waals surface area (Å²) in [5.74, 6) is -0.504. The predicted octanol–water partition coefficient (Wildman–Crippen LogP) is 2.63. The van der Waals surface area contributed by atoms with E-state index in [1.165, 1.54) is 0 Å². The number of amides is 3. The highest BCUT2D eigenvalue weighted by molar-refractivity contribution is 5.89. The number of likely N-dealkylation sites (tertiary alicyclic amines) is 2. The van der Waals surface area contributed by atoms with Crippen molar-refractivity contribution in [1.82, 2.24) is 14.7 Å². The molecule has 204 valence electrons.